The molecule has 0 aliphatic rings. The van der Waals surface area contributed by atoms with Crippen LogP contribution in [0.5, 0.6) is 0 Å². The summed E-state index contributed by atoms with van der Waals surface area (Å²) in [6, 6.07) is 12.1. The Labute approximate surface area is 111 Å². The number of aromatic nitrogens is 3. The summed E-state index contributed by atoms with van der Waals surface area (Å²) in [7, 11) is 0. The molecule has 3 rings (SSSR count). The lowest BCUT2D eigenvalue weighted by atomic mass is 10.2. The van der Waals surface area contributed by atoms with E-state index in [2.05, 4.69) is 27.1 Å². The highest BCUT2D eigenvalue weighted by molar-refractivity contribution is 5.77. The fourth-order valence-electron chi connectivity index (χ4n) is 1.23. The SMILES string of the molecule is CC(=O)O.c1c[nH]cn1.c1ccc2ncccc2c1. The predicted molar refractivity (Wildman–Crippen MR) is 73.6 cm³/mol. The number of hydrogen-bond acceptors (Lipinski definition) is 3. The van der Waals surface area contributed by atoms with Gasteiger partial charge in [0.2, 0.25) is 0 Å². The molecule has 0 aliphatic carbocycles. The molecule has 5 nitrogen and oxygen atoms in total. The second-order valence-electron chi connectivity index (χ2n) is 3.48. The number of carbonyl (C=O) groups is 1. The van der Waals surface area contributed by atoms with E-state index < -0.39 is 5.97 Å². The number of carboxylic acid groups (broad SMARTS) is 1. The largest absolute Gasteiger partial charge is 0.481 e. The van der Waals surface area contributed by atoms with Crippen molar-refractivity contribution < 1.29 is 9.90 Å². The molecule has 0 saturated carbocycles. The first-order chi connectivity index (χ1) is 9.20. The Morgan fingerprint density at radius 2 is 1.84 bits per heavy atom. The van der Waals surface area contributed by atoms with Crippen molar-refractivity contribution >= 4 is 16.9 Å². The number of carboxylic acids is 1. The van der Waals surface area contributed by atoms with Crippen LogP contribution in [0.15, 0.2) is 61.3 Å². The number of nitrogens with one attached hydrogen (secondary N) is 1. The third kappa shape index (κ3) is 6.58. The van der Waals surface area contributed by atoms with E-state index in [1.54, 1.807) is 18.7 Å². The highest BCUT2D eigenvalue weighted by Crippen LogP contribution is 2.07. The number of pyridine rings is 1. The molecule has 2 heterocycles. The van der Waals surface area contributed by atoms with Crippen molar-refractivity contribution in [3.05, 3.63) is 61.3 Å². The molecule has 19 heavy (non-hydrogen) atoms. The van der Waals surface area contributed by atoms with Gasteiger partial charge in [-0.2, -0.15) is 0 Å². The van der Waals surface area contributed by atoms with Crippen molar-refractivity contribution in [2.24, 2.45) is 0 Å². The van der Waals surface area contributed by atoms with Crippen molar-refractivity contribution in [3.63, 3.8) is 0 Å². The van der Waals surface area contributed by atoms with Crippen molar-refractivity contribution in [1.82, 2.24) is 15.0 Å². The highest BCUT2D eigenvalue weighted by Gasteiger charge is 1.86. The third-order valence-corrected chi connectivity index (χ3v) is 1.92. The van der Waals surface area contributed by atoms with Crippen LogP contribution in [0.3, 0.4) is 0 Å². The van der Waals surface area contributed by atoms with Crippen LogP contribution < -0.4 is 0 Å². The minimum Gasteiger partial charge on any atom is -0.481 e. The van der Waals surface area contributed by atoms with Crippen LogP contribution in [0.2, 0.25) is 0 Å². The van der Waals surface area contributed by atoms with Gasteiger partial charge in [-0.15, -0.1) is 0 Å². The lowest BCUT2D eigenvalue weighted by Crippen LogP contribution is -1.78. The normalized spacial score (nSPS) is 8.68. The summed E-state index contributed by atoms with van der Waals surface area (Å²) >= 11 is 0. The zero-order chi connectivity index (χ0) is 13.9. The van der Waals surface area contributed by atoms with Gasteiger partial charge in [-0.3, -0.25) is 9.78 Å². The first-order valence-corrected chi connectivity index (χ1v) is 5.62. The number of benzene rings is 1. The molecule has 0 fully saturated rings. The van der Waals surface area contributed by atoms with Gasteiger partial charge >= 0.3 is 0 Å². The molecule has 0 aliphatic heterocycles. The standard InChI is InChI=1S/C9H7N.C3H4N2.C2H4O2/c1-2-6-9-8(4-1)5-3-7-10-9;1-2-5-3-4-1;1-2(3)4/h1-7H;1-3H,(H,4,5);1H3,(H,3,4). The molecule has 2 N–H and O–H groups in total. The topological polar surface area (TPSA) is 78.9 Å². The van der Waals surface area contributed by atoms with E-state index in [1.165, 1.54) is 5.39 Å². The van der Waals surface area contributed by atoms with Crippen LogP contribution in [-0.2, 0) is 4.79 Å². The van der Waals surface area contributed by atoms with Gasteiger partial charge in [-0.25, -0.2) is 4.98 Å². The van der Waals surface area contributed by atoms with Crippen molar-refractivity contribution in [3.8, 4) is 0 Å². The number of imidazole rings is 1. The molecule has 5 heteroatoms. The maximum absolute atomic E-state index is 9.00. The molecule has 3 aromatic rings. The van der Waals surface area contributed by atoms with Crippen LogP contribution in [0.25, 0.3) is 10.9 Å². The van der Waals surface area contributed by atoms with Crippen LogP contribution >= 0.6 is 0 Å². The predicted octanol–water partition coefficient (Wildman–Crippen LogP) is 2.74. The zero-order valence-corrected chi connectivity index (χ0v) is 10.5. The van der Waals surface area contributed by atoms with E-state index >= 15 is 0 Å². The van der Waals surface area contributed by atoms with Gasteiger partial charge in [0, 0.05) is 30.9 Å². The highest BCUT2D eigenvalue weighted by atomic mass is 16.4. The van der Waals surface area contributed by atoms with Crippen LogP contribution in [-0.4, -0.2) is 26.0 Å². The second kappa shape index (κ2) is 8.41. The van der Waals surface area contributed by atoms with Gasteiger partial charge < -0.3 is 10.1 Å². The lowest BCUT2D eigenvalue weighted by Gasteiger charge is -1.91. The fourth-order valence-corrected chi connectivity index (χ4v) is 1.23. The number of rotatable bonds is 0. The number of nitrogens with zero attached hydrogens (tertiary/aromatic N) is 2. The molecule has 0 radical (unpaired) electrons. The Bertz CT molecular complexity index is 508. The van der Waals surface area contributed by atoms with E-state index in [0.717, 1.165) is 12.4 Å². The number of fused-ring (bicyclic) bond motifs is 1. The van der Waals surface area contributed by atoms with Gasteiger partial charge in [0.1, 0.15) is 0 Å². The van der Waals surface area contributed by atoms with Crippen molar-refractivity contribution in [2.75, 3.05) is 0 Å². The van der Waals surface area contributed by atoms with Gasteiger partial charge in [-0.05, 0) is 12.1 Å². The molecule has 1 aromatic carbocycles. The molecule has 2 aromatic heterocycles. The monoisotopic (exact) mass is 257 g/mol. The Hall–Kier alpha value is -2.69. The lowest BCUT2D eigenvalue weighted by molar-refractivity contribution is -0.134. The maximum Gasteiger partial charge on any atom is 0.300 e. The Morgan fingerprint density at radius 1 is 1.16 bits per heavy atom. The summed E-state index contributed by atoms with van der Waals surface area (Å²) in [5, 5.41) is 8.62. The average Bonchev–Trinajstić information content (AvgIpc) is 2.97. The van der Waals surface area contributed by atoms with Crippen molar-refractivity contribution in [1.29, 1.82) is 0 Å². The van der Waals surface area contributed by atoms with E-state index in [0.29, 0.717) is 0 Å². The minimum atomic E-state index is -0.833. The van der Waals surface area contributed by atoms with Crippen LogP contribution in [0.4, 0.5) is 0 Å². The summed E-state index contributed by atoms with van der Waals surface area (Å²) in [6.45, 7) is 1.08. The van der Waals surface area contributed by atoms with Crippen molar-refractivity contribution in [2.45, 2.75) is 6.92 Å². The van der Waals surface area contributed by atoms with E-state index in [4.69, 9.17) is 9.90 Å². The third-order valence-electron chi connectivity index (χ3n) is 1.92. The van der Waals surface area contributed by atoms with Crippen LogP contribution in [0.1, 0.15) is 6.92 Å². The first kappa shape index (κ1) is 14.4. The molecular weight excluding hydrogens is 242 g/mol. The quantitative estimate of drug-likeness (QED) is 0.649. The Balaban J connectivity index is 0.000000169. The molecule has 0 bridgehead atoms. The number of H-pyrrole nitrogens is 1. The molecular formula is C14H15N3O2. The number of aliphatic carboxylic acids is 1. The van der Waals surface area contributed by atoms with Gasteiger partial charge in [0.25, 0.3) is 5.97 Å². The molecule has 0 atom stereocenters. The summed E-state index contributed by atoms with van der Waals surface area (Å²) in [5.74, 6) is -0.833. The smallest absolute Gasteiger partial charge is 0.300 e. The summed E-state index contributed by atoms with van der Waals surface area (Å²) < 4.78 is 0. The average molecular weight is 257 g/mol. The molecule has 98 valence electrons. The molecule has 0 unspecified atom stereocenters. The molecule has 0 saturated heterocycles. The Morgan fingerprint density at radius 3 is 2.37 bits per heavy atom. The number of hydrogen-bond donors (Lipinski definition) is 2. The summed E-state index contributed by atoms with van der Waals surface area (Å²) in [6.07, 6.45) is 6.89. The number of aromatic amines is 1. The zero-order valence-electron chi connectivity index (χ0n) is 10.5. The van der Waals surface area contributed by atoms with Gasteiger partial charge in [-0.1, -0.05) is 24.3 Å². The Kier molecular flexibility index (Phi) is 6.36. The van der Waals surface area contributed by atoms with E-state index in [1.807, 2.05) is 30.5 Å². The summed E-state index contributed by atoms with van der Waals surface area (Å²) in [5.41, 5.74) is 1.06. The van der Waals surface area contributed by atoms with Crippen LogP contribution in [0, 0.1) is 0 Å². The number of para-hydroxylation sites is 1. The fraction of sp³-hybridized carbons (Fsp3) is 0.0714. The van der Waals surface area contributed by atoms with E-state index in [-0.39, 0.29) is 0 Å². The molecule has 0 spiro atoms. The second-order valence-corrected chi connectivity index (χ2v) is 3.48. The minimum absolute atomic E-state index is 0.833. The van der Waals surface area contributed by atoms with Gasteiger partial charge in [0.15, 0.2) is 0 Å². The first-order valence-electron chi connectivity index (χ1n) is 5.62. The summed E-state index contributed by atoms with van der Waals surface area (Å²) in [4.78, 5) is 19.6. The maximum atomic E-state index is 9.00. The van der Waals surface area contributed by atoms with Gasteiger partial charge in [0.05, 0.1) is 11.8 Å². The molecule has 0 amide bonds. The van der Waals surface area contributed by atoms with E-state index in [9.17, 15) is 0 Å².